The molecule has 0 aliphatic heterocycles. The maximum atomic E-state index is 11.2. The average molecular weight is 175 g/mol. The van der Waals surface area contributed by atoms with E-state index in [2.05, 4.69) is 0 Å². The summed E-state index contributed by atoms with van der Waals surface area (Å²) in [6.07, 6.45) is -0.884. The van der Waals surface area contributed by atoms with Crippen LogP contribution in [0.3, 0.4) is 0 Å². The molecule has 0 aliphatic rings. The van der Waals surface area contributed by atoms with Crippen LogP contribution in [0.4, 0.5) is 0 Å². The quantitative estimate of drug-likeness (QED) is 0.498. The number of aliphatic hydroxyl groups is 2. The van der Waals surface area contributed by atoms with E-state index in [0.717, 1.165) is 0 Å². The fraction of sp³-hybridized carbons (Fsp3) is 0.875. The third-order valence-electron chi connectivity index (χ3n) is 1.67. The van der Waals surface area contributed by atoms with Gasteiger partial charge >= 0.3 is 0 Å². The average Bonchev–Trinajstić information content (AvgIpc) is 1.98. The Morgan fingerprint density at radius 1 is 1.33 bits per heavy atom. The van der Waals surface area contributed by atoms with Crippen LogP contribution >= 0.6 is 0 Å². The Morgan fingerprint density at radius 2 is 1.83 bits per heavy atom. The van der Waals surface area contributed by atoms with Gasteiger partial charge in [-0.15, -0.1) is 0 Å². The Morgan fingerprint density at radius 3 is 2.17 bits per heavy atom. The lowest BCUT2D eigenvalue weighted by atomic mass is 9.99. The van der Waals surface area contributed by atoms with Gasteiger partial charge in [0.05, 0.1) is 6.04 Å². The van der Waals surface area contributed by atoms with Crippen LogP contribution in [0.25, 0.3) is 0 Å². The number of aliphatic hydroxyl groups excluding tert-OH is 1. The maximum absolute atomic E-state index is 11.2. The van der Waals surface area contributed by atoms with Gasteiger partial charge in [-0.2, -0.15) is 0 Å². The Bertz CT molecular complexity index is 145. The van der Waals surface area contributed by atoms with Crippen molar-refractivity contribution in [1.29, 1.82) is 0 Å². The first kappa shape index (κ1) is 11.6. The van der Waals surface area contributed by atoms with Crippen LogP contribution in [-0.2, 0) is 4.79 Å². The number of rotatable bonds is 5. The summed E-state index contributed by atoms with van der Waals surface area (Å²) in [6, 6.07) is -0.563. The molecule has 0 heterocycles. The number of nitrogens with two attached hydrogens (primary N) is 1. The second-order valence-electron chi connectivity index (χ2n) is 3.22. The fourth-order valence-corrected chi connectivity index (χ4v) is 0.899. The normalized spacial score (nSPS) is 13.9. The van der Waals surface area contributed by atoms with Crippen molar-refractivity contribution in [3.8, 4) is 0 Å². The summed E-state index contributed by atoms with van der Waals surface area (Å²) in [5.41, 5.74) is 5.49. The molecule has 4 nitrogen and oxygen atoms in total. The van der Waals surface area contributed by atoms with Crippen molar-refractivity contribution in [2.75, 3.05) is 0 Å². The van der Waals surface area contributed by atoms with Crippen molar-refractivity contribution in [2.24, 2.45) is 11.7 Å². The Balaban J connectivity index is 3.72. The molecule has 4 heteroatoms. The van der Waals surface area contributed by atoms with Crippen LogP contribution in [0.15, 0.2) is 0 Å². The summed E-state index contributed by atoms with van der Waals surface area (Å²) >= 11 is 0. The summed E-state index contributed by atoms with van der Waals surface area (Å²) in [6.45, 7) is 3.55. The molecule has 0 aromatic heterocycles. The van der Waals surface area contributed by atoms with Gasteiger partial charge in [0.25, 0.3) is 0 Å². The van der Waals surface area contributed by atoms with E-state index in [1.54, 1.807) is 13.8 Å². The molecule has 12 heavy (non-hydrogen) atoms. The van der Waals surface area contributed by atoms with Crippen molar-refractivity contribution in [2.45, 2.75) is 39.0 Å². The van der Waals surface area contributed by atoms with E-state index in [4.69, 9.17) is 15.9 Å². The summed E-state index contributed by atoms with van der Waals surface area (Å²) in [5.74, 6) is -0.119. The lowest BCUT2D eigenvalue weighted by molar-refractivity contribution is -0.123. The molecule has 0 aromatic rings. The van der Waals surface area contributed by atoms with Gasteiger partial charge in [0.1, 0.15) is 0 Å². The van der Waals surface area contributed by atoms with Crippen molar-refractivity contribution in [3.05, 3.63) is 0 Å². The Labute approximate surface area is 72.4 Å². The van der Waals surface area contributed by atoms with E-state index in [0.29, 0.717) is 6.42 Å². The van der Waals surface area contributed by atoms with Gasteiger partial charge in [-0.25, -0.2) is 0 Å². The lowest BCUT2D eigenvalue weighted by Crippen LogP contribution is -2.34. The molecular weight excluding hydrogens is 158 g/mol. The van der Waals surface area contributed by atoms with Gasteiger partial charge in [-0.3, -0.25) is 4.79 Å². The second kappa shape index (κ2) is 5.24. The highest BCUT2D eigenvalue weighted by Crippen LogP contribution is 2.04. The van der Waals surface area contributed by atoms with Crippen LogP contribution in [0.2, 0.25) is 0 Å². The van der Waals surface area contributed by atoms with E-state index in [-0.39, 0.29) is 18.1 Å². The van der Waals surface area contributed by atoms with Crippen molar-refractivity contribution >= 4 is 5.78 Å². The van der Waals surface area contributed by atoms with Crippen molar-refractivity contribution in [1.82, 2.24) is 0 Å². The first-order valence-corrected chi connectivity index (χ1v) is 4.10. The van der Waals surface area contributed by atoms with Crippen LogP contribution < -0.4 is 5.73 Å². The number of ketones is 1. The molecule has 0 rings (SSSR count). The second-order valence-corrected chi connectivity index (χ2v) is 3.22. The minimum Gasteiger partial charge on any atom is -0.368 e. The molecule has 0 bridgehead atoms. The van der Waals surface area contributed by atoms with E-state index in [1.165, 1.54) is 0 Å². The predicted molar refractivity (Wildman–Crippen MR) is 45.3 cm³/mol. The molecule has 1 atom stereocenters. The van der Waals surface area contributed by atoms with Crippen molar-refractivity contribution in [3.63, 3.8) is 0 Å². The third kappa shape index (κ3) is 4.43. The molecule has 0 radical (unpaired) electrons. The minimum atomic E-state index is -1.36. The summed E-state index contributed by atoms with van der Waals surface area (Å²) in [5, 5.41) is 17.0. The highest BCUT2D eigenvalue weighted by molar-refractivity contribution is 5.85. The molecule has 0 fully saturated rings. The van der Waals surface area contributed by atoms with Crippen LogP contribution in [0, 0.1) is 5.92 Å². The number of Topliss-reactive ketones (excluding diaryl/α,β-unsaturated/α-hetero) is 1. The SMILES string of the molecule is CC(C)C(=O)[C@@H](N)CCC(O)O. The first-order chi connectivity index (χ1) is 5.45. The Kier molecular flexibility index (Phi) is 5.04. The van der Waals surface area contributed by atoms with Gasteiger partial charge in [0.2, 0.25) is 0 Å². The molecule has 72 valence electrons. The third-order valence-corrected chi connectivity index (χ3v) is 1.67. The zero-order valence-electron chi connectivity index (χ0n) is 7.53. The number of hydrogen-bond donors (Lipinski definition) is 3. The number of hydrogen-bond acceptors (Lipinski definition) is 4. The zero-order chi connectivity index (χ0) is 9.72. The highest BCUT2D eigenvalue weighted by Gasteiger charge is 2.17. The van der Waals surface area contributed by atoms with Gasteiger partial charge in [-0.1, -0.05) is 13.8 Å². The molecule has 0 aliphatic carbocycles. The van der Waals surface area contributed by atoms with E-state index in [1.807, 2.05) is 0 Å². The van der Waals surface area contributed by atoms with Gasteiger partial charge in [0, 0.05) is 5.92 Å². The predicted octanol–water partition coefficient (Wildman–Crippen LogP) is -0.370. The van der Waals surface area contributed by atoms with Gasteiger partial charge < -0.3 is 15.9 Å². The standard InChI is InChI=1S/C8H17NO3/c1-5(2)8(12)6(9)3-4-7(10)11/h5-7,10-11H,3-4,9H2,1-2H3/t6-/m0/s1. The van der Waals surface area contributed by atoms with E-state index < -0.39 is 12.3 Å². The topological polar surface area (TPSA) is 83.6 Å². The van der Waals surface area contributed by atoms with E-state index in [9.17, 15) is 4.79 Å². The molecule has 0 amide bonds. The van der Waals surface area contributed by atoms with Crippen LogP contribution in [0.5, 0.6) is 0 Å². The maximum Gasteiger partial charge on any atom is 0.152 e. The summed E-state index contributed by atoms with van der Waals surface area (Å²) < 4.78 is 0. The smallest absolute Gasteiger partial charge is 0.152 e. The van der Waals surface area contributed by atoms with Crippen LogP contribution in [0.1, 0.15) is 26.7 Å². The highest BCUT2D eigenvalue weighted by atomic mass is 16.5. The first-order valence-electron chi connectivity index (χ1n) is 4.10. The molecule has 0 saturated heterocycles. The molecule has 0 unspecified atom stereocenters. The summed E-state index contributed by atoms with van der Waals surface area (Å²) in [7, 11) is 0. The van der Waals surface area contributed by atoms with Gasteiger partial charge in [0.15, 0.2) is 12.1 Å². The molecule has 0 spiro atoms. The largest absolute Gasteiger partial charge is 0.368 e. The molecule has 4 N–H and O–H groups in total. The Hall–Kier alpha value is -0.450. The molecular formula is C8H17NO3. The number of carbonyl (C=O) groups excluding carboxylic acids is 1. The van der Waals surface area contributed by atoms with Crippen LogP contribution in [-0.4, -0.2) is 28.3 Å². The summed E-state index contributed by atoms with van der Waals surface area (Å²) in [4.78, 5) is 11.2. The minimum absolute atomic E-state index is 0.0318. The lowest BCUT2D eigenvalue weighted by Gasteiger charge is -2.13. The monoisotopic (exact) mass is 175 g/mol. The number of carbonyl (C=O) groups is 1. The van der Waals surface area contributed by atoms with E-state index >= 15 is 0 Å². The van der Waals surface area contributed by atoms with Gasteiger partial charge in [-0.05, 0) is 12.8 Å². The molecule has 0 aromatic carbocycles. The van der Waals surface area contributed by atoms with Crippen molar-refractivity contribution < 1.29 is 15.0 Å². The fourth-order valence-electron chi connectivity index (χ4n) is 0.899. The molecule has 0 saturated carbocycles. The zero-order valence-corrected chi connectivity index (χ0v) is 7.53.